The van der Waals surface area contributed by atoms with Gasteiger partial charge >= 0.3 is 6.09 Å². The van der Waals surface area contributed by atoms with Gasteiger partial charge in [-0.3, -0.25) is 4.90 Å². The standard InChI is InChI=1S/C9H14FNO4/c1-2-3-15-8-6(10)4-11(9(13)14)7(8)5-12/h2,6-8,12H,1,3-5H2,(H,13,14). The van der Waals surface area contributed by atoms with E-state index >= 15 is 0 Å². The molecular formula is C9H14FNO4. The fourth-order valence-corrected chi connectivity index (χ4v) is 1.66. The third-order valence-corrected chi connectivity index (χ3v) is 2.35. The van der Waals surface area contributed by atoms with Gasteiger partial charge in [0.2, 0.25) is 0 Å². The maximum Gasteiger partial charge on any atom is 0.407 e. The molecule has 0 saturated carbocycles. The number of hydrogen-bond acceptors (Lipinski definition) is 3. The van der Waals surface area contributed by atoms with Crippen LogP contribution in [-0.4, -0.2) is 59.3 Å². The second-order valence-corrected chi connectivity index (χ2v) is 3.29. The first kappa shape index (κ1) is 11.9. The van der Waals surface area contributed by atoms with Gasteiger partial charge in [-0.25, -0.2) is 9.18 Å². The number of carboxylic acid groups (broad SMARTS) is 1. The van der Waals surface area contributed by atoms with Crippen LogP contribution in [0.2, 0.25) is 0 Å². The Bertz CT molecular complexity index is 248. The van der Waals surface area contributed by atoms with Crippen molar-refractivity contribution in [2.75, 3.05) is 19.8 Å². The topological polar surface area (TPSA) is 70.0 Å². The van der Waals surface area contributed by atoms with Crippen LogP contribution in [0, 0.1) is 0 Å². The first-order valence-electron chi connectivity index (χ1n) is 4.58. The second kappa shape index (κ2) is 5.09. The molecule has 1 heterocycles. The number of halogens is 1. The highest BCUT2D eigenvalue weighted by molar-refractivity contribution is 5.66. The van der Waals surface area contributed by atoms with Crippen LogP contribution in [0.1, 0.15) is 0 Å². The molecule has 0 aromatic rings. The van der Waals surface area contributed by atoms with E-state index in [2.05, 4.69) is 6.58 Å². The molecule has 2 N–H and O–H groups in total. The summed E-state index contributed by atoms with van der Waals surface area (Å²) in [5.74, 6) is 0. The number of alkyl halides is 1. The van der Waals surface area contributed by atoms with Gasteiger partial charge in [0.25, 0.3) is 0 Å². The maximum absolute atomic E-state index is 13.4. The molecule has 1 rings (SSSR count). The quantitative estimate of drug-likeness (QED) is 0.665. The predicted molar refractivity (Wildman–Crippen MR) is 50.4 cm³/mol. The van der Waals surface area contributed by atoms with Crippen molar-refractivity contribution < 1.29 is 24.1 Å². The molecule has 15 heavy (non-hydrogen) atoms. The van der Waals surface area contributed by atoms with E-state index < -0.39 is 31.0 Å². The van der Waals surface area contributed by atoms with Crippen LogP contribution in [0.4, 0.5) is 9.18 Å². The Labute approximate surface area is 86.8 Å². The summed E-state index contributed by atoms with van der Waals surface area (Å²) in [5.41, 5.74) is 0. The molecule has 1 saturated heterocycles. The van der Waals surface area contributed by atoms with E-state index in [1.54, 1.807) is 0 Å². The Morgan fingerprint density at radius 1 is 1.73 bits per heavy atom. The number of hydrogen-bond donors (Lipinski definition) is 2. The summed E-state index contributed by atoms with van der Waals surface area (Å²) >= 11 is 0. The van der Waals surface area contributed by atoms with Gasteiger partial charge in [0.15, 0.2) is 0 Å². The zero-order chi connectivity index (χ0) is 11.4. The van der Waals surface area contributed by atoms with Gasteiger partial charge < -0.3 is 14.9 Å². The molecule has 1 aliphatic rings. The van der Waals surface area contributed by atoms with Crippen molar-refractivity contribution in [1.29, 1.82) is 0 Å². The summed E-state index contributed by atoms with van der Waals surface area (Å²) in [6.07, 6.45) is -2.12. The number of carbonyl (C=O) groups is 1. The van der Waals surface area contributed by atoms with Crippen LogP contribution in [0.5, 0.6) is 0 Å². The van der Waals surface area contributed by atoms with Crippen LogP contribution in [0.3, 0.4) is 0 Å². The van der Waals surface area contributed by atoms with Crippen LogP contribution in [-0.2, 0) is 4.74 Å². The number of amides is 1. The zero-order valence-electron chi connectivity index (χ0n) is 8.17. The van der Waals surface area contributed by atoms with Gasteiger partial charge in [-0.2, -0.15) is 0 Å². The molecule has 0 aromatic heterocycles. The Balaban J connectivity index is 2.69. The van der Waals surface area contributed by atoms with Gasteiger partial charge in [0.1, 0.15) is 12.3 Å². The second-order valence-electron chi connectivity index (χ2n) is 3.29. The summed E-state index contributed by atoms with van der Waals surface area (Å²) in [7, 11) is 0. The number of aliphatic hydroxyl groups excluding tert-OH is 1. The number of rotatable bonds is 4. The van der Waals surface area contributed by atoms with E-state index in [0.717, 1.165) is 4.90 Å². The van der Waals surface area contributed by atoms with E-state index in [1.165, 1.54) is 6.08 Å². The molecule has 5 nitrogen and oxygen atoms in total. The molecule has 0 radical (unpaired) electrons. The minimum Gasteiger partial charge on any atom is -0.465 e. The fourth-order valence-electron chi connectivity index (χ4n) is 1.66. The third kappa shape index (κ3) is 2.45. The number of nitrogens with zero attached hydrogens (tertiary/aromatic N) is 1. The van der Waals surface area contributed by atoms with E-state index in [4.69, 9.17) is 14.9 Å². The van der Waals surface area contributed by atoms with Crippen LogP contribution in [0.15, 0.2) is 12.7 Å². The summed E-state index contributed by atoms with van der Waals surface area (Å²) in [6.45, 7) is 2.83. The van der Waals surface area contributed by atoms with Crippen molar-refractivity contribution in [3.63, 3.8) is 0 Å². The maximum atomic E-state index is 13.4. The van der Waals surface area contributed by atoms with E-state index in [1.807, 2.05) is 0 Å². The monoisotopic (exact) mass is 219 g/mol. The molecule has 3 unspecified atom stereocenters. The van der Waals surface area contributed by atoms with Gasteiger partial charge in [-0.05, 0) is 0 Å². The molecule has 6 heteroatoms. The van der Waals surface area contributed by atoms with Gasteiger partial charge in [-0.15, -0.1) is 6.58 Å². The average molecular weight is 219 g/mol. The Morgan fingerprint density at radius 3 is 2.87 bits per heavy atom. The molecule has 1 aliphatic heterocycles. The van der Waals surface area contributed by atoms with Crippen molar-refractivity contribution in [2.24, 2.45) is 0 Å². The Hall–Kier alpha value is -1.14. The lowest BCUT2D eigenvalue weighted by Crippen LogP contribution is -2.42. The Morgan fingerprint density at radius 2 is 2.40 bits per heavy atom. The highest BCUT2D eigenvalue weighted by Gasteiger charge is 2.44. The first-order valence-corrected chi connectivity index (χ1v) is 4.58. The smallest absolute Gasteiger partial charge is 0.407 e. The normalized spacial score (nSPS) is 30.5. The number of ether oxygens (including phenoxy) is 1. The molecule has 1 amide bonds. The van der Waals surface area contributed by atoms with Crippen molar-refractivity contribution >= 4 is 6.09 Å². The largest absolute Gasteiger partial charge is 0.465 e. The van der Waals surface area contributed by atoms with Crippen molar-refractivity contribution in [3.05, 3.63) is 12.7 Å². The Kier molecular flexibility index (Phi) is 4.05. The van der Waals surface area contributed by atoms with Gasteiger partial charge in [0, 0.05) is 0 Å². The predicted octanol–water partition coefficient (Wildman–Crippen LogP) is 0.250. The lowest BCUT2D eigenvalue weighted by atomic mass is 10.1. The lowest BCUT2D eigenvalue weighted by Gasteiger charge is -2.23. The van der Waals surface area contributed by atoms with Crippen LogP contribution in [0.25, 0.3) is 0 Å². The molecular weight excluding hydrogens is 205 g/mol. The molecule has 1 fully saturated rings. The fraction of sp³-hybridized carbons (Fsp3) is 0.667. The minimum absolute atomic E-state index is 0.134. The average Bonchev–Trinajstić information content (AvgIpc) is 2.52. The number of likely N-dealkylation sites (tertiary alicyclic amines) is 1. The van der Waals surface area contributed by atoms with Gasteiger partial charge in [-0.1, -0.05) is 6.08 Å². The summed E-state index contributed by atoms with van der Waals surface area (Å²) in [4.78, 5) is 11.6. The van der Waals surface area contributed by atoms with Crippen molar-refractivity contribution in [1.82, 2.24) is 4.90 Å². The highest BCUT2D eigenvalue weighted by Crippen LogP contribution is 2.23. The summed E-state index contributed by atoms with van der Waals surface area (Å²) < 4.78 is 18.5. The lowest BCUT2D eigenvalue weighted by molar-refractivity contribution is -0.00167. The van der Waals surface area contributed by atoms with E-state index in [-0.39, 0.29) is 13.2 Å². The minimum atomic E-state index is -1.40. The van der Waals surface area contributed by atoms with E-state index in [0.29, 0.717) is 0 Å². The number of aliphatic hydroxyl groups is 1. The van der Waals surface area contributed by atoms with E-state index in [9.17, 15) is 9.18 Å². The van der Waals surface area contributed by atoms with Crippen LogP contribution >= 0.6 is 0 Å². The summed E-state index contributed by atoms with van der Waals surface area (Å²) in [6, 6.07) is -0.836. The molecule has 86 valence electrons. The molecule has 0 aliphatic carbocycles. The molecule has 0 bridgehead atoms. The molecule has 0 spiro atoms. The SMILES string of the molecule is C=CCOC1C(F)CN(C(=O)O)C1CO. The molecule has 3 atom stereocenters. The van der Waals surface area contributed by atoms with Crippen molar-refractivity contribution in [3.8, 4) is 0 Å². The first-order chi connectivity index (χ1) is 7.11. The highest BCUT2D eigenvalue weighted by atomic mass is 19.1. The van der Waals surface area contributed by atoms with Gasteiger partial charge in [0.05, 0.1) is 25.8 Å². The summed E-state index contributed by atoms with van der Waals surface area (Å²) in [5, 5.41) is 17.7. The van der Waals surface area contributed by atoms with Crippen molar-refractivity contribution in [2.45, 2.75) is 18.3 Å². The third-order valence-electron chi connectivity index (χ3n) is 2.35. The zero-order valence-corrected chi connectivity index (χ0v) is 8.17. The molecule has 0 aromatic carbocycles. The van der Waals surface area contributed by atoms with Crippen LogP contribution < -0.4 is 0 Å².